The smallest absolute Gasteiger partial charge is 0.243 e. The summed E-state index contributed by atoms with van der Waals surface area (Å²) in [4.78, 5) is 0.135. The van der Waals surface area contributed by atoms with E-state index in [1.165, 1.54) is 23.5 Å². The highest BCUT2D eigenvalue weighted by Gasteiger charge is 2.29. The lowest BCUT2D eigenvalue weighted by molar-refractivity contribution is 0.171. The molecule has 1 aliphatic heterocycles. The number of fused-ring (bicyclic) bond motifs is 1. The summed E-state index contributed by atoms with van der Waals surface area (Å²) >= 11 is 12.1. The van der Waals surface area contributed by atoms with Crippen LogP contribution in [0.2, 0.25) is 10.0 Å². The zero-order chi connectivity index (χ0) is 18.2. The highest BCUT2D eigenvalue weighted by atomic mass is 35.5. The fourth-order valence-electron chi connectivity index (χ4n) is 2.59. The quantitative estimate of drug-likeness (QED) is 0.771. The maximum Gasteiger partial charge on any atom is 0.243 e. The van der Waals surface area contributed by atoms with Gasteiger partial charge in [0.2, 0.25) is 10.0 Å². The average molecular weight is 402 g/mol. The molecule has 0 amide bonds. The molecule has 0 aliphatic carbocycles. The molecular formula is C17H17Cl2NO4S. The molecule has 2 aromatic carbocycles. The van der Waals surface area contributed by atoms with Gasteiger partial charge in [-0.25, -0.2) is 8.42 Å². The minimum atomic E-state index is -3.74. The van der Waals surface area contributed by atoms with Crippen LogP contribution in [0.1, 0.15) is 18.5 Å². The van der Waals surface area contributed by atoms with E-state index in [0.717, 1.165) is 0 Å². The number of nitrogens with zero attached hydrogens (tertiary/aromatic N) is 1. The lowest BCUT2D eigenvalue weighted by atomic mass is 10.1. The van der Waals surface area contributed by atoms with E-state index in [1.54, 1.807) is 31.2 Å². The number of rotatable bonds is 4. The highest BCUT2D eigenvalue weighted by Crippen LogP contribution is 2.36. The maximum atomic E-state index is 13.0. The van der Waals surface area contributed by atoms with E-state index in [0.29, 0.717) is 40.3 Å². The second-order valence-corrected chi connectivity index (χ2v) is 8.51. The van der Waals surface area contributed by atoms with Crippen LogP contribution in [0, 0.1) is 0 Å². The SMILES string of the molecule is CC(c1ccc(Cl)cc1Cl)N(C)S(=O)(=O)c1ccc2c(c1)OCCO2. The van der Waals surface area contributed by atoms with Crippen molar-refractivity contribution in [3.8, 4) is 11.5 Å². The second kappa shape index (κ2) is 7.03. The summed E-state index contributed by atoms with van der Waals surface area (Å²) in [5.41, 5.74) is 0.676. The van der Waals surface area contributed by atoms with E-state index < -0.39 is 16.1 Å². The number of hydrogen-bond acceptors (Lipinski definition) is 4. The van der Waals surface area contributed by atoms with E-state index in [2.05, 4.69) is 0 Å². The van der Waals surface area contributed by atoms with Crippen molar-refractivity contribution < 1.29 is 17.9 Å². The van der Waals surface area contributed by atoms with Crippen LogP contribution < -0.4 is 9.47 Å². The van der Waals surface area contributed by atoms with Gasteiger partial charge in [-0.15, -0.1) is 0 Å². The van der Waals surface area contributed by atoms with Gasteiger partial charge in [0.15, 0.2) is 11.5 Å². The summed E-state index contributed by atoms with van der Waals surface area (Å²) in [7, 11) is -2.22. The van der Waals surface area contributed by atoms with Gasteiger partial charge >= 0.3 is 0 Å². The monoisotopic (exact) mass is 401 g/mol. The Hall–Kier alpha value is -1.47. The van der Waals surface area contributed by atoms with Gasteiger partial charge in [-0.3, -0.25) is 0 Å². The molecule has 0 spiro atoms. The van der Waals surface area contributed by atoms with Crippen LogP contribution in [-0.4, -0.2) is 33.0 Å². The summed E-state index contributed by atoms with van der Waals surface area (Å²) in [6.45, 7) is 2.61. The van der Waals surface area contributed by atoms with E-state index in [-0.39, 0.29) is 4.90 Å². The van der Waals surface area contributed by atoms with E-state index in [4.69, 9.17) is 32.7 Å². The van der Waals surface area contributed by atoms with Gasteiger partial charge < -0.3 is 9.47 Å². The van der Waals surface area contributed by atoms with Crippen LogP contribution in [0.25, 0.3) is 0 Å². The molecule has 0 saturated carbocycles. The minimum absolute atomic E-state index is 0.135. The molecule has 0 saturated heterocycles. The van der Waals surface area contributed by atoms with Crippen molar-refractivity contribution in [2.75, 3.05) is 20.3 Å². The summed E-state index contributed by atoms with van der Waals surface area (Å²) < 4.78 is 38.1. The number of ether oxygens (including phenoxy) is 2. The molecule has 0 bridgehead atoms. The van der Waals surface area contributed by atoms with Crippen molar-refractivity contribution in [1.82, 2.24) is 4.31 Å². The van der Waals surface area contributed by atoms with Crippen molar-refractivity contribution in [3.63, 3.8) is 0 Å². The van der Waals surface area contributed by atoms with Gasteiger partial charge in [0.1, 0.15) is 13.2 Å². The molecule has 2 aromatic rings. The molecule has 0 aromatic heterocycles. The maximum absolute atomic E-state index is 13.0. The lowest BCUT2D eigenvalue weighted by Crippen LogP contribution is -2.30. The molecule has 25 heavy (non-hydrogen) atoms. The zero-order valence-corrected chi connectivity index (χ0v) is 16.0. The first kappa shape index (κ1) is 18.3. The highest BCUT2D eigenvalue weighted by molar-refractivity contribution is 7.89. The van der Waals surface area contributed by atoms with Crippen molar-refractivity contribution in [3.05, 3.63) is 52.0 Å². The fourth-order valence-corrected chi connectivity index (χ4v) is 4.52. The molecule has 8 heteroatoms. The van der Waals surface area contributed by atoms with Crippen molar-refractivity contribution in [2.24, 2.45) is 0 Å². The average Bonchev–Trinajstić information content (AvgIpc) is 2.60. The molecular weight excluding hydrogens is 385 g/mol. The number of sulfonamides is 1. The van der Waals surface area contributed by atoms with Gasteiger partial charge in [-0.1, -0.05) is 29.3 Å². The van der Waals surface area contributed by atoms with Gasteiger partial charge in [-0.2, -0.15) is 4.31 Å². The minimum Gasteiger partial charge on any atom is -0.486 e. The van der Waals surface area contributed by atoms with Gasteiger partial charge in [-0.05, 0) is 36.8 Å². The Bertz CT molecular complexity index is 902. The van der Waals surface area contributed by atoms with Crippen LogP contribution in [-0.2, 0) is 10.0 Å². The van der Waals surface area contributed by atoms with Crippen molar-refractivity contribution >= 4 is 33.2 Å². The number of hydrogen-bond donors (Lipinski definition) is 0. The summed E-state index contributed by atoms with van der Waals surface area (Å²) in [6, 6.07) is 9.14. The van der Waals surface area contributed by atoms with Crippen LogP contribution in [0.15, 0.2) is 41.3 Å². The van der Waals surface area contributed by atoms with Crippen LogP contribution >= 0.6 is 23.2 Å². The molecule has 1 unspecified atom stereocenters. The molecule has 0 fully saturated rings. The predicted octanol–water partition coefficient (Wildman–Crippen LogP) is 4.15. The van der Waals surface area contributed by atoms with Gasteiger partial charge in [0, 0.05) is 29.2 Å². The lowest BCUT2D eigenvalue weighted by Gasteiger charge is -2.26. The fraction of sp³-hybridized carbons (Fsp3) is 0.294. The number of benzene rings is 2. The van der Waals surface area contributed by atoms with Gasteiger partial charge in [0.05, 0.1) is 4.90 Å². The van der Waals surface area contributed by atoms with Crippen LogP contribution in [0.3, 0.4) is 0 Å². The van der Waals surface area contributed by atoms with E-state index in [9.17, 15) is 8.42 Å². The molecule has 0 N–H and O–H groups in total. The number of halogens is 2. The first-order chi connectivity index (χ1) is 11.8. The first-order valence-electron chi connectivity index (χ1n) is 7.63. The molecule has 1 aliphatic rings. The third kappa shape index (κ3) is 3.58. The summed E-state index contributed by atoms with van der Waals surface area (Å²) in [5.74, 6) is 0.972. The third-order valence-corrected chi connectivity index (χ3v) is 6.64. The molecule has 3 rings (SSSR count). The van der Waals surface area contributed by atoms with E-state index >= 15 is 0 Å². The van der Waals surface area contributed by atoms with Crippen molar-refractivity contribution in [2.45, 2.75) is 17.9 Å². The first-order valence-corrected chi connectivity index (χ1v) is 9.83. The zero-order valence-electron chi connectivity index (χ0n) is 13.7. The van der Waals surface area contributed by atoms with Crippen molar-refractivity contribution in [1.29, 1.82) is 0 Å². The molecule has 1 atom stereocenters. The summed E-state index contributed by atoms with van der Waals surface area (Å²) in [5, 5.41) is 0.919. The largest absolute Gasteiger partial charge is 0.486 e. The molecule has 5 nitrogen and oxygen atoms in total. The molecule has 134 valence electrons. The van der Waals surface area contributed by atoms with Crippen LogP contribution in [0.5, 0.6) is 11.5 Å². The predicted molar refractivity (Wildman–Crippen MR) is 97.3 cm³/mol. The Morgan fingerprint density at radius 1 is 1.04 bits per heavy atom. The Kier molecular flexibility index (Phi) is 5.16. The Morgan fingerprint density at radius 3 is 2.40 bits per heavy atom. The van der Waals surface area contributed by atoms with Crippen LogP contribution in [0.4, 0.5) is 0 Å². The standard InChI is InChI=1S/C17H17Cl2NO4S/c1-11(14-5-3-12(18)9-15(14)19)20(2)25(21,22)13-4-6-16-17(10-13)24-8-7-23-16/h3-6,9-11H,7-8H2,1-2H3. The Morgan fingerprint density at radius 2 is 1.72 bits per heavy atom. The second-order valence-electron chi connectivity index (χ2n) is 5.67. The summed E-state index contributed by atoms with van der Waals surface area (Å²) in [6.07, 6.45) is 0. The normalized spacial score (nSPS) is 15.2. The third-order valence-electron chi connectivity index (χ3n) is 4.15. The Balaban J connectivity index is 1.93. The van der Waals surface area contributed by atoms with E-state index in [1.807, 2.05) is 0 Å². The topological polar surface area (TPSA) is 55.8 Å². The molecule has 0 radical (unpaired) electrons. The van der Waals surface area contributed by atoms with Gasteiger partial charge in [0.25, 0.3) is 0 Å². The molecule has 1 heterocycles. The Labute approximate surface area is 157 Å².